The summed E-state index contributed by atoms with van der Waals surface area (Å²) in [4.78, 5) is 11.7. The topological polar surface area (TPSA) is 85.2 Å². The molecular weight excluding hydrogens is 252 g/mol. The van der Waals surface area contributed by atoms with Gasteiger partial charge in [0.15, 0.2) is 12.4 Å². The van der Waals surface area contributed by atoms with Crippen molar-refractivity contribution in [3.05, 3.63) is 0 Å². The van der Waals surface area contributed by atoms with E-state index < -0.39 is 36.2 Å². The molecule has 1 fully saturated rings. The monoisotopic (exact) mass is 276 g/mol. The van der Waals surface area contributed by atoms with Gasteiger partial charge in [0, 0.05) is 6.61 Å². The highest BCUT2D eigenvalue weighted by atomic mass is 16.7. The number of hydrogen-bond donors (Lipinski definition) is 2. The molecule has 3 unspecified atom stereocenters. The molecule has 1 aliphatic heterocycles. The van der Waals surface area contributed by atoms with E-state index in [1.54, 1.807) is 34.6 Å². The molecule has 2 N–H and O–H groups in total. The highest BCUT2D eigenvalue weighted by Crippen LogP contribution is 2.32. The molecule has 1 heterocycles. The van der Waals surface area contributed by atoms with Gasteiger partial charge in [0.1, 0.15) is 17.8 Å². The Bertz CT molecular complexity index is 314. The minimum absolute atomic E-state index is 0.315. The predicted molar refractivity (Wildman–Crippen MR) is 67.3 cm³/mol. The summed E-state index contributed by atoms with van der Waals surface area (Å²) in [7, 11) is 0. The van der Waals surface area contributed by atoms with E-state index in [0.29, 0.717) is 6.61 Å². The molecule has 0 saturated carbocycles. The Balaban J connectivity index is 2.84. The minimum Gasteiger partial charge on any atom is -0.456 e. The molecular formula is C13H24O6. The van der Waals surface area contributed by atoms with Crippen molar-refractivity contribution >= 4 is 5.97 Å². The summed E-state index contributed by atoms with van der Waals surface area (Å²) in [5, 5.41) is 20.0. The van der Waals surface area contributed by atoms with E-state index in [2.05, 4.69) is 0 Å². The number of ether oxygens (including phenoxy) is 3. The Morgan fingerprint density at radius 2 is 1.89 bits per heavy atom. The summed E-state index contributed by atoms with van der Waals surface area (Å²) in [6.45, 7) is 8.88. The van der Waals surface area contributed by atoms with Crippen LogP contribution < -0.4 is 0 Å². The molecule has 0 bridgehead atoms. The van der Waals surface area contributed by atoms with Gasteiger partial charge in [-0.3, -0.25) is 4.79 Å². The molecule has 0 aromatic rings. The number of carbonyl (C=O) groups excluding carboxylic acids is 1. The molecule has 0 spiro atoms. The van der Waals surface area contributed by atoms with Crippen molar-refractivity contribution < 1.29 is 29.2 Å². The predicted octanol–water partition coefficient (Wildman–Crippen LogP) is 0.447. The highest BCUT2D eigenvalue weighted by molar-refractivity contribution is 5.71. The zero-order chi connectivity index (χ0) is 14.8. The lowest BCUT2D eigenvalue weighted by atomic mass is 9.89. The van der Waals surface area contributed by atoms with E-state index in [9.17, 15) is 15.0 Å². The number of aliphatic hydroxyl groups excluding tert-OH is 2. The fraction of sp³-hybridized carbons (Fsp3) is 0.923. The van der Waals surface area contributed by atoms with Gasteiger partial charge in [0.25, 0.3) is 0 Å². The van der Waals surface area contributed by atoms with Crippen LogP contribution in [0.1, 0.15) is 34.6 Å². The van der Waals surface area contributed by atoms with Gasteiger partial charge in [-0.15, -0.1) is 0 Å². The van der Waals surface area contributed by atoms with E-state index in [4.69, 9.17) is 14.2 Å². The number of aliphatic hydroxyl groups is 2. The minimum atomic E-state index is -1.25. The van der Waals surface area contributed by atoms with E-state index in [1.165, 1.54) is 0 Å². The summed E-state index contributed by atoms with van der Waals surface area (Å²) in [6, 6.07) is 0. The Kier molecular flexibility index (Phi) is 5.32. The molecule has 4 atom stereocenters. The van der Waals surface area contributed by atoms with Crippen molar-refractivity contribution in [3.63, 3.8) is 0 Å². The van der Waals surface area contributed by atoms with Crippen molar-refractivity contribution in [3.8, 4) is 0 Å². The average Bonchev–Trinajstić information content (AvgIpc) is 2.31. The smallest absolute Gasteiger partial charge is 0.308 e. The van der Waals surface area contributed by atoms with Gasteiger partial charge in [-0.1, -0.05) is 13.8 Å². The van der Waals surface area contributed by atoms with Crippen LogP contribution in [0.4, 0.5) is 0 Å². The Labute approximate surface area is 113 Å². The molecule has 6 heteroatoms. The molecule has 1 saturated heterocycles. The number of carbonyl (C=O) groups is 1. The van der Waals surface area contributed by atoms with Crippen LogP contribution in [-0.4, -0.2) is 53.0 Å². The first-order valence-electron chi connectivity index (χ1n) is 6.56. The summed E-state index contributed by atoms with van der Waals surface area (Å²) >= 11 is 0. The number of esters is 1. The fourth-order valence-electron chi connectivity index (χ4n) is 1.96. The van der Waals surface area contributed by atoms with Crippen LogP contribution >= 0.6 is 0 Å². The lowest BCUT2D eigenvalue weighted by Crippen LogP contribution is -2.63. The first kappa shape index (κ1) is 16.4. The first-order valence-corrected chi connectivity index (χ1v) is 6.56. The fourth-order valence-corrected chi connectivity index (χ4v) is 1.96. The van der Waals surface area contributed by atoms with Crippen molar-refractivity contribution in [1.82, 2.24) is 0 Å². The second kappa shape index (κ2) is 6.17. The van der Waals surface area contributed by atoms with Crippen LogP contribution in [0.2, 0.25) is 0 Å². The van der Waals surface area contributed by atoms with Crippen LogP contribution in [0.15, 0.2) is 0 Å². The summed E-state index contributed by atoms with van der Waals surface area (Å²) in [5.74, 6) is -0.757. The Morgan fingerprint density at radius 1 is 1.32 bits per heavy atom. The second-order valence-electron chi connectivity index (χ2n) is 5.54. The van der Waals surface area contributed by atoms with Crippen molar-refractivity contribution in [2.24, 2.45) is 5.92 Å². The van der Waals surface area contributed by atoms with Crippen LogP contribution in [-0.2, 0) is 19.0 Å². The highest BCUT2D eigenvalue weighted by Gasteiger charge is 2.51. The Hall–Kier alpha value is -0.690. The van der Waals surface area contributed by atoms with Crippen LogP contribution in [0.3, 0.4) is 0 Å². The molecule has 0 aliphatic carbocycles. The zero-order valence-electron chi connectivity index (χ0n) is 12.1. The summed E-state index contributed by atoms with van der Waals surface area (Å²) in [6.07, 6.45) is -4.36. The van der Waals surface area contributed by atoms with Gasteiger partial charge in [-0.2, -0.15) is 0 Å². The lowest BCUT2D eigenvalue weighted by molar-refractivity contribution is -0.324. The number of rotatable bonds is 4. The largest absolute Gasteiger partial charge is 0.456 e. The summed E-state index contributed by atoms with van der Waals surface area (Å²) in [5.41, 5.74) is -0.941. The lowest BCUT2D eigenvalue weighted by Gasteiger charge is -2.46. The van der Waals surface area contributed by atoms with E-state index >= 15 is 0 Å². The first-order chi connectivity index (χ1) is 8.70. The third kappa shape index (κ3) is 3.66. The van der Waals surface area contributed by atoms with Crippen LogP contribution in [0, 0.1) is 5.92 Å². The SMILES string of the molecule is CCOC1OC(C)(C)[C@@H](OC(=O)C(C)C)C(O)C1O. The molecule has 112 valence electrons. The van der Waals surface area contributed by atoms with Crippen molar-refractivity contribution in [1.29, 1.82) is 0 Å². The maximum Gasteiger partial charge on any atom is 0.308 e. The van der Waals surface area contributed by atoms with Gasteiger partial charge in [0.05, 0.1) is 5.92 Å². The van der Waals surface area contributed by atoms with Crippen LogP contribution in [0.25, 0.3) is 0 Å². The van der Waals surface area contributed by atoms with E-state index in [0.717, 1.165) is 0 Å². The quantitative estimate of drug-likeness (QED) is 0.725. The van der Waals surface area contributed by atoms with E-state index in [-0.39, 0.29) is 5.92 Å². The van der Waals surface area contributed by atoms with Crippen LogP contribution in [0.5, 0.6) is 0 Å². The van der Waals surface area contributed by atoms with Crippen molar-refractivity contribution in [2.75, 3.05) is 6.61 Å². The molecule has 6 nitrogen and oxygen atoms in total. The van der Waals surface area contributed by atoms with Gasteiger partial charge >= 0.3 is 5.97 Å². The van der Waals surface area contributed by atoms with Crippen molar-refractivity contribution in [2.45, 2.75) is 64.8 Å². The van der Waals surface area contributed by atoms with Gasteiger partial charge < -0.3 is 24.4 Å². The Morgan fingerprint density at radius 3 is 2.37 bits per heavy atom. The number of hydrogen-bond acceptors (Lipinski definition) is 6. The van der Waals surface area contributed by atoms with Gasteiger partial charge in [0.2, 0.25) is 0 Å². The summed E-state index contributed by atoms with van der Waals surface area (Å²) < 4.78 is 16.1. The normalized spacial score (nSPS) is 34.3. The average molecular weight is 276 g/mol. The molecule has 0 aromatic carbocycles. The molecule has 0 aromatic heterocycles. The molecule has 0 amide bonds. The maximum atomic E-state index is 11.7. The zero-order valence-corrected chi connectivity index (χ0v) is 12.1. The molecule has 19 heavy (non-hydrogen) atoms. The molecule has 1 aliphatic rings. The standard InChI is InChI=1S/C13H24O6/c1-6-17-12-9(15)8(14)10(13(4,5)19-12)18-11(16)7(2)3/h7-10,12,14-15H,6H2,1-5H3/t8?,9?,10-,12?/m0/s1. The third-order valence-corrected chi connectivity index (χ3v) is 3.09. The maximum absolute atomic E-state index is 11.7. The molecule has 0 radical (unpaired) electrons. The van der Waals surface area contributed by atoms with E-state index in [1.807, 2.05) is 0 Å². The third-order valence-electron chi connectivity index (χ3n) is 3.09. The molecule has 1 rings (SSSR count). The second-order valence-corrected chi connectivity index (χ2v) is 5.54. The van der Waals surface area contributed by atoms with Gasteiger partial charge in [-0.25, -0.2) is 0 Å². The van der Waals surface area contributed by atoms with Gasteiger partial charge in [-0.05, 0) is 20.8 Å².